The normalized spacial score (nSPS) is 9.88. The molecule has 1 amide bonds. The lowest BCUT2D eigenvalue weighted by Gasteiger charge is -2.21. The lowest BCUT2D eigenvalue weighted by atomic mass is 10.2. The molecule has 0 aliphatic rings. The fourth-order valence-corrected chi connectivity index (χ4v) is 1.46. The zero-order valence-electron chi connectivity index (χ0n) is 8.39. The van der Waals surface area contributed by atoms with Crippen LogP contribution in [0.2, 0.25) is 5.02 Å². The van der Waals surface area contributed by atoms with E-state index in [1.54, 1.807) is 24.3 Å². The van der Waals surface area contributed by atoms with Crippen molar-refractivity contribution in [1.29, 1.82) is 0 Å². The van der Waals surface area contributed by atoms with Crippen molar-refractivity contribution in [3.05, 3.63) is 29.3 Å². The number of carboxylic acids is 1. The van der Waals surface area contributed by atoms with Crippen LogP contribution in [0.1, 0.15) is 0 Å². The molecule has 16 heavy (non-hydrogen) atoms. The van der Waals surface area contributed by atoms with E-state index in [-0.39, 0.29) is 6.54 Å². The van der Waals surface area contributed by atoms with Crippen LogP contribution in [-0.4, -0.2) is 30.1 Å². The molecule has 0 aliphatic heterocycles. The Bertz CT molecular complexity index is 409. The highest BCUT2D eigenvalue weighted by atomic mass is 35.5. The number of para-hydroxylation sites is 1. The van der Waals surface area contributed by atoms with Gasteiger partial charge in [0.2, 0.25) is 5.91 Å². The van der Waals surface area contributed by atoms with Gasteiger partial charge in [-0.1, -0.05) is 23.7 Å². The first-order valence-electron chi connectivity index (χ1n) is 4.53. The van der Waals surface area contributed by atoms with E-state index in [1.165, 1.54) is 0 Å². The van der Waals surface area contributed by atoms with Gasteiger partial charge < -0.3 is 10.8 Å². The predicted octanol–water partition coefficient (Wildman–Crippen LogP) is 0.716. The number of aliphatic carboxylic acids is 1. The maximum absolute atomic E-state index is 11.5. The van der Waals surface area contributed by atoms with Crippen LogP contribution in [0, 0.1) is 0 Å². The Morgan fingerprint density at radius 2 is 2.00 bits per heavy atom. The number of hydrogen-bond acceptors (Lipinski definition) is 3. The molecule has 1 aromatic carbocycles. The standard InChI is InChI=1S/C10H11ClN2O3/c11-7-3-1-2-4-8(7)13(6-10(15)16)9(14)5-12/h1-4H,5-6,12H2,(H,15,16). The van der Waals surface area contributed by atoms with Gasteiger partial charge in [0.15, 0.2) is 0 Å². The summed E-state index contributed by atoms with van der Waals surface area (Å²) in [6, 6.07) is 6.51. The third-order valence-electron chi connectivity index (χ3n) is 1.91. The minimum absolute atomic E-state index is 0.265. The molecule has 6 heteroatoms. The molecule has 1 aromatic rings. The van der Waals surface area contributed by atoms with Gasteiger partial charge in [-0.15, -0.1) is 0 Å². The summed E-state index contributed by atoms with van der Waals surface area (Å²) in [5, 5.41) is 9.01. The van der Waals surface area contributed by atoms with Gasteiger partial charge >= 0.3 is 5.97 Å². The molecule has 0 fully saturated rings. The largest absolute Gasteiger partial charge is 0.480 e. The van der Waals surface area contributed by atoms with E-state index in [0.29, 0.717) is 10.7 Å². The predicted molar refractivity (Wildman–Crippen MR) is 60.5 cm³/mol. The van der Waals surface area contributed by atoms with E-state index in [2.05, 4.69) is 0 Å². The lowest BCUT2D eigenvalue weighted by Crippen LogP contribution is -2.39. The minimum Gasteiger partial charge on any atom is -0.480 e. The average Bonchev–Trinajstić information content (AvgIpc) is 2.26. The maximum Gasteiger partial charge on any atom is 0.323 e. The number of nitrogens with two attached hydrogens (primary N) is 1. The minimum atomic E-state index is -1.12. The number of nitrogens with zero attached hydrogens (tertiary/aromatic N) is 1. The summed E-state index contributed by atoms with van der Waals surface area (Å²) in [6.45, 7) is -0.724. The van der Waals surface area contributed by atoms with Crippen LogP contribution in [0.15, 0.2) is 24.3 Å². The summed E-state index contributed by atoms with van der Waals surface area (Å²) >= 11 is 5.88. The molecule has 1 rings (SSSR count). The zero-order valence-corrected chi connectivity index (χ0v) is 9.15. The number of amides is 1. The Morgan fingerprint density at radius 1 is 1.38 bits per heavy atom. The molecule has 0 bridgehead atoms. The van der Waals surface area contributed by atoms with Crippen molar-refractivity contribution in [2.75, 3.05) is 18.0 Å². The quantitative estimate of drug-likeness (QED) is 0.815. The molecule has 86 valence electrons. The average molecular weight is 243 g/mol. The number of halogens is 1. The summed E-state index contributed by atoms with van der Waals surface area (Å²) in [6.07, 6.45) is 0. The van der Waals surface area contributed by atoms with Crippen molar-refractivity contribution in [3.63, 3.8) is 0 Å². The van der Waals surface area contributed by atoms with Crippen LogP contribution >= 0.6 is 11.6 Å². The summed E-state index contributed by atoms with van der Waals surface area (Å²) in [5.74, 6) is -1.61. The van der Waals surface area contributed by atoms with Crippen LogP contribution in [0.4, 0.5) is 5.69 Å². The summed E-state index contributed by atoms with van der Waals surface area (Å²) in [4.78, 5) is 23.2. The van der Waals surface area contributed by atoms with Crippen molar-refractivity contribution in [2.45, 2.75) is 0 Å². The number of hydrogen-bond donors (Lipinski definition) is 2. The zero-order chi connectivity index (χ0) is 12.1. The van der Waals surface area contributed by atoms with Crippen molar-refractivity contribution in [2.24, 2.45) is 5.73 Å². The van der Waals surface area contributed by atoms with E-state index < -0.39 is 18.4 Å². The van der Waals surface area contributed by atoms with Crippen molar-refractivity contribution in [3.8, 4) is 0 Å². The van der Waals surface area contributed by atoms with Gasteiger partial charge in [0.25, 0.3) is 0 Å². The highest BCUT2D eigenvalue weighted by molar-refractivity contribution is 6.33. The molecule has 0 unspecified atom stereocenters. The molecule has 3 N–H and O–H groups in total. The van der Waals surface area contributed by atoms with E-state index >= 15 is 0 Å². The second-order valence-electron chi connectivity index (χ2n) is 3.03. The fraction of sp³-hybridized carbons (Fsp3) is 0.200. The summed E-state index contributed by atoms with van der Waals surface area (Å²) in [7, 11) is 0. The Balaban J connectivity index is 3.06. The number of carbonyl (C=O) groups excluding carboxylic acids is 1. The van der Waals surface area contributed by atoms with Gasteiger partial charge in [-0.05, 0) is 12.1 Å². The van der Waals surface area contributed by atoms with Crippen molar-refractivity contribution >= 4 is 29.2 Å². The van der Waals surface area contributed by atoms with Crippen molar-refractivity contribution in [1.82, 2.24) is 0 Å². The van der Waals surface area contributed by atoms with Gasteiger partial charge in [-0.2, -0.15) is 0 Å². The third kappa shape index (κ3) is 2.95. The van der Waals surface area contributed by atoms with Crippen LogP contribution in [0.3, 0.4) is 0 Å². The maximum atomic E-state index is 11.5. The number of anilines is 1. The first kappa shape index (κ1) is 12.5. The molecular weight excluding hydrogens is 232 g/mol. The lowest BCUT2D eigenvalue weighted by molar-refractivity contribution is -0.136. The van der Waals surface area contributed by atoms with Crippen LogP contribution in [0.25, 0.3) is 0 Å². The number of benzene rings is 1. The molecule has 5 nitrogen and oxygen atoms in total. The van der Waals surface area contributed by atoms with Gasteiger partial charge in [-0.25, -0.2) is 0 Å². The summed E-state index contributed by atoms with van der Waals surface area (Å²) < 4.78 is 0. The van der Waals surface area contributed by atoms with Gasteiger partial charge in [0.05, 0.1) is 17.3 Å². The van der Waals surface area contributed by atoms with E-state index in [1.807, 2.05) is 0 Å². The number of carboxylic acid groups (broad SMARTS) is 1. The Labute approximate surface area is 97.4 Å². The molecular formula is C10H11ClN2O3. The highest BCUT2D eigenvalue weighted by Gasteiger charge is 2.19. The Kier molecular flexibility index (Phi) is 4.28. The topological polar surface area (TPSA) is 83.6 Å². The molecule has 0 aliphatic carbocycles. The Morgan fingerprint density at radius 3 is 2.50 bits per heavy atom. The van der Waals surface area contributed by atoms with E-state index in [0.717, 1.165) is 4.90 Å². The smallest absolute Gasteiger partial charge is 0.323 e. The van der Waals surface area contributed by atoms with Crippen LogP contribution < -0.4 is 10.6 Å². The van der Waals surface area contributed by atoms with Crippen LogP contribution in [0.5, 0.6) is 0 Å². The molecule has 0 saturated carbocycles. The van der Waals surface area contributed by atoms with Gasteiger partial charge in [0.1, 0.15) is 6.54 Å². The Hall–Kier alpha value is -1.59. The fourth-order valence-electron chi connectivity index (χ4n) is 1.22. The molecule has 0 saturated heterocycles. The second-order valence-corrected chi connectivity index (χ2v) is 3.44. The summed E-state index contributed by atoms with van der Waals surface area (Å²) in [5.41, 5.74) is 5.56. The molecule has 0 aromatic heterocycles. The molecule has 0 atom stereocenters. The number of carbonyl (C=O) groups is 2. The van der Waals surface area contributed by atoms with Crippen LogP contribution in [-0.2, 0) is 9.59 Å². The first-order valence-corrected chi connectivity index (χ1v) is 4.90. The third-order valence-corrected chi connectivity index (χ3v) is 2.23. The SMILES string of the molecule is NCC(=O)N(CC(=O)O)c1ccccc1Cl. The van der Waals surface area contributed by atoms with Gasteiger partial charge in [-0.3, -0.25) is 14.5 Å². The highest BCUT2D eigenvalue weighted by Crippen LogP contribution is 2.24. The van der Waals surface area contributed by atoms with E-state index in [4.69, 9.17) is 22.4 Å². The molecule has 0 radical (unpaired) electrons. The molecule has 0 spiro atoms. The van der Waals surface area contributed by atoms with Crippen molar-refractivity contribution < 1.29 is 14.7 Å². The molecule has 0 heterocycles. The number of rotatable bonds is 4. The van der Waals surface area contributed by atoms with E-state index in [9.17, 15) is 9.59 Å². The first-order chi connectivity index (χ1) is 7.56. The van der Waals surface area contributed by atoms with Gasteiger partial charge in [0, 0.05) is 0 Å². The second kappa shape index (κ2) is 5.48. The monoisotopic (exact) mass is 242 g/mol.